The van der Waals surface area contributed by atoms with Gasteiger partial charge in [0.1, 0.15) is 11.8 Å². The Morgan fingerprint density at radius 1 is 1.24 bits per heavy atom. The molecule has 9 heteroatoms. The van der Waals surface area contributed by atoms with Crippen LogP contribution in [0.2, 0.25) is 5.02 Å². The van der Waals surface area contributed by atoms with Crippen molar-refractivity contribution >= 4 is 22.6 Å². The van der Waals surface area contributed by atoms with Crippen molar-refractivity contribution in [2.24, 2.45) is 5.92 Å². The first-order valence-corrected chi connectivity index (χ1v) is 13.1. The summed E-state index contributed by atoms with van der Waals surface area (Å²) in [7, 11) is 1.55. The minimum Gasteiger partial charge on any atom is -0.480 e. The maximum atomic E-state index is 11.2. The second kappa shape index (κ2) is 12.1. The summed E-state index contributed by atoms with van der Waals surface area (Å²) < 4.78 is 16.3. The van der Waals surface area contributed by atoms with E-state index in [1.165, 1.54) is 5.56 Å². The van der Waals surface area contributed by atoms with E-state index in [1.807, 2.05) is 12.1 Å². The Morgan fingerprint density at radius 3 is 2.89 bits per heavy atom. The molecule has 2 aromatic carbocycles. The van der Waals surface area contributed by atoms with Gasteiger partial charge in [-0.15, -0.1) is 0 Å². The number of β-amino-alcohol motifs (C(OH)–C–C–N with tert-alkyl or cyclic N) is 1. The Morgan fingerprint density at radius 2 is 2.11 bits per heavy atom. The molecule has 1 aromatic heterocycles. The highest BCUT2D eigenvalue weighted by Crippen LogP contribution is 2.32. The number of methoxy groups -OCH3 is 1. The molecule has 2 aliphatic heterocycles. The molecule has 37 heavy (non-hydrogen) atoms. The summed E-state index contributed by atoms with van der Waals surface area (Å²) in [6, 6.07) is 14.0. The number of fused-ring (bicyclic) bond motifs is 1. The standard InChI is InChI=1S/C28H33ClN4O4/c1-35-26-14-31-22-10-9-21(29)27(28(22)32-26)24(34)16-33-11-5-8-20(15-33)13-30-23(25-17-36-18-37-25)12-19-6-3-2-4-7-19/h2-4,6-7,9-10,14,17,20,23-24,30,34H,5,8,11-13,15-16,18H2,1H3. The molecule has 0 radical (unpaired) electrons. The Kier molecular flexibility index (Phi) is 8.41. The molecule has 5 rings (SSSR count). The van der Waals surface area contributed by atoms with Crippen molar-refractivity contribution in [3.8, 4) is 5.88 Å². The van der Waals surface area contributed by atoms with E-state index in [0.29, 0.717) is 40.0 Å². The number of hydrogen-bond donors (Lipinski definition) is 2. The van der Waals surface area contributed by atoms with Crippen LogP contribution in [0.5, 0.6) is 5.88 Å². The summed E-state index contributed by atoms with van der Waals surface area (Å²) in [6.45, 7) is 3.41. The number of ether oxygens (including phenoxy) is 3. The molecule has 3 atom stereocenters. The topological polar surface area (TPSA) is 89.0 Å². The van der Waals surface area contributed by atoms with Crippen molar-refractivity contribution in [3.63, 3.8) is 0 Å². The Bertz CT molecular complexity index is 1230. The quantitative estimate of drug-likeness (QED) is 0.410. The number of benzene rings is 2. The van der Waals surface area contributed by atoms with E-state index >= 15 is 0 Å². The second-order valence-corrected chi connectivity index (χ2v) is 10.0. The molecule has 1 saturated heterocycles. The minimum atomic E-state index is -0.788. The molecule has 1 fully saturated rings. The number of likely N-dealkylation sites (tertiary alicyclic amines) is 1. The van der Waals surface area contributed by atoms with Gasteiger partial charge in [-0.25, -0.2) is 9.97 Å². The van der Waals surface area contributed by atoms with Crippen LogP contribution in [0.1, 0.15) is 30.1 Å². The number of nitrogens with one attached hydrogen (secondary N) is 1. The van der Waals surface area contributed by atoms with Crippen LogP contribution in [0.15, 0.2) is 60.7 Å². The summed E-state index contributed by atoms with van der Waals surface area (Å²) in [4.78, 5) is 11.2. The van der Waals surface area contributed by atoms with Crippen molar-refractivity contribution in [2.45, 2.75) is 31.4 Å². The fraction of sp³-hybridized carbons (Fsp3) is 0.429. The highest BCUT2D eigenvalue weighted by molar-refractivity contribution is 6.32. The van der Waals surface area contributed by atoms with Gasteiger partial charge < -0.3 is 29.5 Å². The predicted molar refractivity (Wildman–Crippen MR) is 142 cm³/mol. The van der Waals surface area contributed by atoms with Crippen molar-refractivity contribution < 1.29 is 19.3 Å². The smallest absolute Gasteiger partial charge is 0.232 e. The van der Waals surface area contributed by atoms with Gasteiger partial charge in [-0.3, -0.25) is 0 Å². The van der Waals surface area contributed by atoms with Gasteiger partial charge in [-0.05, 0) is 56.0 Å². The lowest BCUT2D eigenvalue weighted by molar-refractivity contribution is 0.0708. The van der Waals surface area contributed by atoms with E-state index in [0.717, 1.165) is 44.7 Å². The summed E-state index contributed by atoms with van der Waals surface area (Å²) in [5.74, 6) is 1.68. The summed E-state index contributed by atoms with van der Waals surface area (Å²) in [5.41, 5.74) is 3.10. The molecular weight excluding hydrogens is 492 g/mol. The summed E-state index contributed by atoms with van der Waals surface area (Å²) in [5, 5.41) is 15.4. The van der Waals surface area contributed by atoms with Crippen LogP contribution in [-0.2, 0) is 15.9 Å². The molecule has 0 amide bonds. The fourth-order valence-corrected chi connectivity index (χ4v) is 5.44. The van der Waals surface area contributed by atoms with Crippen molar-refractivity contribution in [3.05, 3.63) is 76.8 Å². The molecule has 0 saturated carbocycles. The first-order chi connectivity index (χ1) is 18.1. The van der Waals surface area contributed by atoms with Gasteiger partial charge in [0.25, 0.3) is 0 Å². The number of aliphatic hydroxyl groups is 1. The lowest BCUT2D eigenvalue weighted by Gasteiger charge is -2.35. The van der Waals surface area contributed by atoms with Crippen LogP contribution in [0.3, 0.4) is 0 Å². The first-order valence-electron chi connectivity index (χ1n) is 12.7. The number of halogens is 1. The number of rotatable bonds is 10. The third-order valence-electron chi connectivity index (χ3n) is 7.03. The summed E-state index contributed by atoms with van der Waals surface area (Å²) >= 11 is 6.53. The van der Waals surface area contributed by atoms with E-state index in [2.05, 4.69) is 44.5 Å². The minimum absolute atomic E-state index is 0.0499. The maximum absolute atomic E-state index is 11.2. The lowest BCUT2D eigenvalue weighted by Crippen LogP contribution is -2.44. The van der Waals surface area contributed by atoms with Crippen LogP contribution in [-0.4, -0.2) is 66.1 Å². The number of aliphatic hydroxyl groups excluding tert-OH is 1. The van der Waals surface area contributed by atoms with E-state index in [9.17, 15) is 5.11 Å². The zero-order valence-corrected chi connectivity index (χ0v) is 21.7. The molecule has 2 aliphatic rings. The van der Waals surface area contributed by atoms with Gasteiger partial charge in [0.2, 0.25) is 12.7 Å². The van der Waals surface area contributed by atoms with Crippen LogP contribution in [0.4, 0.5) is 0 Å². The van der Waals surface area contributed by atoms with Crippen LogP contribution in [0, 0.1) is 5.92 Å². The molecule has 3 heterocycles. The molecule has 0 aliphatic carbocycles. The van der Waals surface area contributed by atoms with Crippen LogP contribution in [0.25, 0.3) is 11.0 Å². The normalized spacial score (nSPS) is 19.6. The van der Waals surface area contributed by atoms with Gasteiger partial charge >= 0.3 is 0 Å². The lowest BCUT2D eigenvalue weighted by atomic mass is 9.96. The number of hydrogen-bond acceptors (Lipinski definition) is 8. The first kappa shape index (κ1) is 25.7. The van der Waals surface area contributed by atoms with E-state index in [1.54, 1.807) is 25.6 Å². The van der Waals surface area contributed by atoms with E-state index < -0.39 is 6.10 Å². The molecule has 3 unspecified atom stereocenters. The number of nitrogens with zero attached hydrogens (tertiary/aromatic N) is 3. The van der Waals surface area contributed by atoms with Gasteiger partial charge in [0, 0.05) is 23.7 Å². The van der Waals surface area contributed by atoms with Gasteiger partial charge in [0.15, 0.2) is 5.76 Å². The summed E-state index contributed by atoms with van der Waals surface area (Å²) in [6.07, 6.45) is 5.53. The Hall–Kier alpha value is -2.91. The van der Waals surface area contributed by atoms with Crippen molar-refractivity contribution in [2.75, 3.05) is 40.1 Å². The van der Waals surface area contributed by atoms with Gasteiger partial charge in [-0.2, -0.15) is 0 Å². The molecular formula is C28H33ClN4O4. The SMILES string of the molecule is COc1cnc2ccc(Cl)c(C(O)CN3CCCC(CNC(Cc4ccccc4)C4=COCO4)C3)c2n1. The zero-order valence-electron chi connectivity index (χ0n) is 21.0. The Balaban J connectivity index is 1.23. The van der Waals surface area contributed by atoms with E-state index in [4.69, 9.17) is 25.8 Å². The van der Waals surface area contributed by atoms with Gasteiger partial charge in [-0.1, -0.05) is 41.9 Å². The molecule has 8 nitrogen and oxygen atoms in total. The molecule has 0 bridgehead atoms. The Labute approximate surface area is 222 Å². The number of aromatic nitrogens is 2. The largest absolute Gasteiger partial charge is 0.480 e. The average molecular weight is 525 g/mol. The molecule has 196 valence electrons. The van der Waals surface area contributed by atoms with E-state index in [-0.39, 0.29) is 12.8 Å². The van der Waals surface area contributed by atoms with Crippen molar-refractivity contribution in [1.29, 1.82) is 0 Å². The van der Waals surface area contributed by atoms with Gasteiger partial charge in [0.05, 0.1) is 31.0 Å². The molecule has 2 N–H and O–H groups in total. The second-order valence-electron chi connectivity index (χ2n) is 9.62. The third kappa shape index (κ3) is 6.33. The van der Waals surface area contributed by atoms with Crippen molar-refractivity contribution in [1.82, 2.24) is 20.2 Å². The van der Waals surface area contributed by atoms with Crippen LogP contribution < -0.4 is 10.1 Å². The number of piperidine rings is 1. The highest BCUT2D eigenvalue weighted by atomic mass is 35.5. The molecule has 3 aromatic rings. The zero-order chi connectivity index (χ0) is 25.6. The highest BCUT2D eigenvalue weighted by Gasteiger charge is 2.27. The fourth-order valence-electron chi connectivity index (χ4n) is 5.16. The molecule has 0 spiro atoms. The predicted octanol–water partition coefficient (Wildman–Crippen LogP) is 4.08. The monoisotopic (exact) mass is 524 g/mol. The third-order valence-corrected chi connectivity index (χ3v) is 7.36. The maximum Gasteiger partial charge on any atom is 0.232 e. The van der Waals surface area contributed by atoms with Crippen LogP contribution >= 0.6 is 11.6 Å². The average Bonchev–Trinajstić information content (AvgIpc) is 3.46.